The van der Waals surface area contributed by atoms with Gasteiger partial charge in [-0.1, -0.05) is 41.9 Å². The van der Waals surface area contributed by atoms with Crippen molar-refractivity contribution in [1.82, 2.24) is 4.90 Å². The van der Waals surface area contributed by atoms with E-state index < -0.39 is 40.7 Å². The highest BCUT2D eigenvalue weighted by molar-refractivity contribution is 6.32. The molecule has 3 aliphatic heterocycles. The third-order valence-electron chi connectivity index (χ3n) is 7.61. The summed E-state index contributed by atoms with van der Waals surface area (Å²) in [6.45, 7) is 3.79. The molecule has 0 bridgehead atoms. The maximum absolute atomic E-state index is 14.0. The zero-order chi connectivity index (χ0) is 27.6. The number of benzene rings is 3. The molecular formula is C29H23ClN4O5. The highest BCUT2D eigenvalue weighted by Gasteiger charge is 2.64. The van der Waals surface area contributed by atoms with Gasteiger partial charge in [0.1, 0.15) is 11.1 Å². The molecule has 6 rings (SSSR count). The third-order valence-corrected chi connectivity index (χ3v) is 7.92. The van der Waals surface area contributed by atoms with Crippen LogP contribution in [0, 0.1) is 35.8 Å². The van der Waals surface area contributed by atoms with Crippen LogP contribution in [-0.2, 0) is 14.4 Å². The van der Waals surface area contributed by atoms with Crippen molar-refractivity contribution >= 4 is 52.5 Å². The molecule has 0 spiro atoms. The lowest BCUT2D eigenvalue weighted by molar-refractivity contribution is -0.384. The number of nitro groups is 1. The van der Waals surface area contributed by atoms with Crippen molar-refractivity contribution in [1.29, 1.82) is 0 Å². The van der Waals surface area contributed by atoms with Gasteiger partial charge >= 0.3 is 0 Å². The minimum absolute atomic E-state index is 0.0600. The van der Waals surface area contributed by atoms with Crippen LogP contribution in [0.3, 0.4) is 0 Å². The van der Waals surface area contributed by atoms with E-state index in [1.54, 1.807) is 23.2 Å². The number of hydrogen-bond donors (Lipinski definition) is 1. The van der Waals surface area contributed by atoms with Gasteiger partial charge in [0.15, 0.2) is 0 Å². The lowest BCUT2D eigenvalue weighted by atomic mass is 9.84. The van der Waals surface area contributed by atoms with E-state index >= 15 is 0 Å². The summed E-state index contributed by atoms with van der Waals surface area (Å²) in [6, 6.07) is 15.6. The molecule has 2 fully saturated rings. The molecule has 0 unspecified atom stereocenters. The van der Waals surface area contributed by atoms with E-state index in [-0.39, 0.29) is 22.3 Å². The SMILES string of the molecule is Cc1cc(C)cc(N2C(=O)[C@@H]3[C@@H](C2=O)[C@@H]2c4ccccc4C=CN2[C@@H]3C(=O)Nc2ccc(Cl)c([N+](=O)[O-])c2)c1. The molecule has 2 saturated heterocycles. The van der Waals surface area contributed by atoms with Crippen LogP contribution >= 0.6 is 11.6 Å². The summed E-state index contributed by atoms with van der Waals surface area (Å²) in [7, 11) is 0. The average Bonchev–Trinajstić information content (AvgIpc) is 3.37. The number of fused-ring (bicyclic) bond motifs is 5. The summed E-state index contributed by atoms with van der Waals surface area (Å²) in [5.41, 5.74) is 3.89. The Morgan fingerprint density at radius 2 is 1.67 bits per heavy atom. The highest BCUT2D eigenvalue weighted by Crippen LogP contribution is 2.53. The molecule has 3 aromatic rings. The van der Waals surface area contributed by atoms with Crippen LogP contribution in [0.15, 0.2) is 66.9 Å². The summed E-state index contributed by atoms with van der Waals surface area (Å²) in [5.74, 6) is -3.09. The number of hydrogen-bond acceptors (Lipinski definition) is 6. The summed E-state index contributed by atoms with van der Waals surface area (Å²) in [4.78, 5) is 55.5. The lowest BCUT2D eigenvalue weighted by Crippen LogP contribution is -2.46. The second kappa shape index (κ2) is 9.06. The van der Waals surface area contributed by atoms with Gasteiger partial charge in [0, 0.05) is 18.0 Å². The van der Waals surface area contributed by atoms with Crippen molar-refractivity contribution in [2.45, 2.75) is 25.9 Å². The Kier molecular flexibility index (Phi) is 5.76. The predicted molar refractivity (Wildman–Crippen MR) is 146 cm³/mol. The van der Waals surface area contributed by atoms with Gasteiger partial charge in [0.05, 0.1) is 28.5 Å². The summed E-state index contributed by atoms with van der Waals surface area (Å²) >= 11 is 5.94. The molecular weight excluding hydrogens is 520 g/mol. The monoisotopic (exact) mass is 542 g/mol. The number of aryl methyl sites for hydroxylation is 2. The van der Waals surface area contributed by atoms with Gasteiger partial charge in [-0.05, 0) is 66.4 Å². The van der Waals surface area contributed by atoms with Gasteiger partial charge in [-0.3, -0.25) is 24.5 Å². The Hall–Kier alpha value is -4.50. The van der Waals surface area contributed by atoms with E-state index in [2.05, 4.69) is 5.32 Å². The average molecular weight is 543 g/mol. The Labute approximate surface area is 228 Å². The Morgan fingerprint density at radius 3 is 2.38 bits per heavy atom. The van der Waals surface area contributed by atoms with Crippen LogP contribution in [0.4, 0.5) is 17.1 Å². The molecule has 1 N–H and O–H groups in total. The van der Waals surface area contributed by atoms with Crippen molar-refractivity contribution in [3.63, 3.8) is 0 Å². The van der Waals surface area contributed by atoms with Gasteiger partial charge in [-0.15, -0.1) is 0 Å². The molecule has 3 aromatic carbocycles. The first kappa shape index (κ1) is 24.8. The van der Waals surface area contributed by atoms with Crippen molar-refractivity contribution in [3.8, 4) is 0 Å². The van der Waals surface area contributed by atoms with Crippen LogP contribution in [-0.4, -0.2) is 33.6 Å². The van der Waals surface area contributed by atoms with E-state index in [0.29, 0.717) is 5.69 Å². The van der Waals surface area contributed by atoms with Crippen LogP contribution in [0.5, 0.6) is 0 Å². The number of anilines is 2. The Balaban J connectivity index is 1.43. The van der Waals surface area contributed by atoms with Crippen molar-refractivity contribution in [3.05, 3.63) is 104 Å². The van der Waals surface area contributed by atoms with Gasteiger partial charge in [0.2, 0.25) is 17.7 Å². The number of nitro benzene ring substituents is 1. The number of amides is 3. The maximum atomic E-state index is 14.0. The highest BCUT2D eigenvalue weighted by atomic mass is 35.5. The van der Waals surface area contributed by atoms with E-state index in [1.807, 2.05) is 50.3 Å². The van der Waals surface area contributed by atoms with Gasteiger partial charge in [0.25, 0.3) is 5.69 Å². The molecule has 3 heterocycles. The minimum atomic E-state index is -1.02. The first-order chi connectivity index (χ1) is 18.7. The largest absolute Gasteiger partial charge is 0.357 e. The predicted octanol–water partition coefficient (Wildman–Crippen LogP) is 5.02. The molecule has 3 aliphatic rings. The van der Waals surface area contributed by atoms with Crippen LogP contribution in [0.25, 0.3) is 6.08 Å². The number of halogens is 1. The molecule has 196 valence electrons. The number of imide groups is 1. The topological polar surface area (TPSA) is 113 Å². The van der Waals surface area contributed by atoms with Crippen LogP contribution < -0.4 is 10.2 Å². The molecule has 0 saturated carbocycles. The number of nitrogens with zero attached hydrogens (tertiary/aromatic N) is 3. The molecule has 0 aliphatic carbocycles. The van der Waals surface area contributed by atoms with Gasteiger partial charge in [-0.25, -0.2) is 4.90 Å². The van der Waals surface area contributed by atoms with E-state index in [0.717, 1.165) is 22.3 Å². The van der Waals surface area contributed by atoms with Crippen LogP contribution in [0.2, 0.25) is 5.02 Å². The second-order valence-electron chi connectivity index (χ2n) is 10.1. The van der Waals surface area contributed by atoms with E-state index in [4.69, 9.17) is 11.6 Å². The Bertz CT molecular complexity index is 1600. The number of nitrogens with one attached hydrogen (secondary N) is 1. The van der Waals surface area contributed by atoms with Crippen molar-refractivity contribution in [2.24, 2.45) is 11.8 Å². The molecule has 9 nitrogen and oxygen atoms in total. The van der Waals surface area contributed by atoms with Crippen LogP contribution in [0.1, 0.15) is 28.3 Å². The van der Waals surface area contributed by atoms with Crippen molar-refractivity contribution in [2.75, 3.05) is 10.2 Å². The first-order valence-electron chi connectivity index (χ1n) is 12.4. The van der Waals surface area contributed by atoms with Gasteiger partial charge < -0.3 is 10.2 Å². The van der Waals surface area contributed by atoms with E-state index in [1.165, 1.54) is 23.1 Å². The normalized spacial score (nSPS) is 22.9. The molecule has 4 atom stereocenters. The molecule has 3 amide bonds. The summed E-state index contributed by atoms with van der Waals surface area (Å²) in [5, 5.41) is 14.0. The summed E-state index contributed by atoms with van der Waals surface area (Å²) < 4.78 is 0. The molecule has 10 heteroatoms. The second-order valence-corrected chi connectivity index (χ2v) is 10.5. The minimum Gasteiger partial charge on any atom is -0.357 e. The van der Waals surface area contributed by atoms with Gasteiger partial charge in [-0.2, -0.15) is 0 Å². The quantitative estimate of drug-likeness (QED) is 0.281. The maximum Gasteiger partial charge on any atom is 0.289 e. The molecule has 0 aromatic heterocycles. The summed E-state index contributed by atoms with van der Waals surface area (Å²) in [6.07, 6.45) is 3.61. The fourth-order valence-corrected chi connectivity index (χ4v) is 6.32. The van der Waals surface area contributed by atoms with Crippen molar-refractivity contribution < 1.29 is 19.3 Å². The number of carbonyl (C=O) groups excluding carboxylic acids is 3. The fraction of sp³-hybridized carbons (Fsp3) is 0.207. The number of carbonyl (C=O) groups is 3. The van der Waals surface area contributed by atoms with E-state index in [9.17, 15) is 24.5 Å². The molecule has 0 radical (unpaired) electrons. The smallest absolute Gasteiger partial charge is 0.289 e. The zero-order valence-electron chi connectivity index (χ0n) is 21.0. The fourth-order valence-electron chi connectivity index (χ4n) is 6.14. The third kappa shape index (κ3) is 3.88. The zero-order valence-corrected chi connectivity index (χ0v) is 21.8. The standard InChI is InChI=1S/C29H23ClN4O5/c1-15-11-16(2)13-19(12-15)33-28(36)23-24(29(33)37)26(32-10-9-17-5-3-4-6-20(17)25(23)32)27(35)31-18-7-8-21(30)22(14-18)34(38)39/h3-14,23-26H,1-2H3,(H,31,35)/t23-,24-,25+,26+/m1/s1. The number of rotatable bonds is 4. The Morgan fingerprint density at radius 1 is 0.974 bits per heavy atom. The molecule has 39 heavy (non-hydrogen) atoms. The lowest BCUT2D eigenvalue weighted by Gasteiger charge is -2.35. The first-order valence-corrected chi connectivity index (χ1v) is 12.8.